The molecule has 0 atom stereocenters. The van der Waals surface area contributed by atoms with Crippen molar-refractivity contribution in [2.75, 3.05) is 16.8 Å². The third-order valence-corrected chi connectivity index (χ3v) is 5.20. The molecule has 1 aliphatic carbocycles. The fourth-order valence-corrected chi connectivity index (χ4v) is 3.45. The van der Waals surface area contributed by atoms with Gasteiger partial charge in [0.15, 0.2) is 0 Å². The van der Waals surface area contributed by atoms with E-state index in [2.05, 4.69) is 5.32 Å². The quantitative estimate of drug-likeness (QED) is 0.724. The van der Waals surface area contributed by atoms with Gasteiger partial charge < -0.3 is 10.2 Å². The zero-order chi connectivity index (χ0) is 18.9. The number of amides is 2. The van der Waals surface area contributed by atoms with Crippen LogP contribution in [0.4, 0.5) is 11.4 Å². The van der Waals surface area contributed by atoms with Gasteiger partial charge in [-0.2, -0.15) is 0 Å². The predicted molar refractivity (Wildman–Crippen MR) is 106 cm³/mol. The summed E-state index contributed by atoms with van der Waals surface area (Å²) in [7, 11) is 0. The molecule has 0 aliphatic heterocycles. The molecule has 6 heteroatoms. The first-order valence-corrected chi connectivity index (χ1v) is 9.28. The van der Waals surface area contributed by atoms with Crippen LogP contribution in [-0.2, 0) is 9.59 Å². The number of hydrogen-bond acceptors (Lipinski definition) is 2. The van der Waals surface area contributed by atoms with Gasteiger partial charge >= 0.3 is 0 Å². The van der Waals surface area contributed by atoms with E-state index in [0.29, 0.717) is 35.1 Å². The first kappa shape index (κ1) is 18.7. The lowest BCUT2D eigenvalue weighted by molar-refractivity contribution is -0.132. The van der Waals surface area contributed by atoms with Crippen molar-refractivity contribution in [2.45, 2.75) is 26.7 Å². The first-order chi connectivity index (χ1) is 12.4. The number of nitrogens with one attached hydrogen (secondary N) is 1. The smallest absolute Gasteiger partial charge is 0.242 e. The van der Waals surface area contributed by atoms with Crippen LogP contribution in [0.25, 0.3) is 0 Å². The lowest BCUT2D eigenvalue weighted by atomic mass is 10.0. The molecule has 1 N–H and O–H groups in total. The number of aryl methyl sites for hydroxylation is 1. The summed E-state index contributed by atoms with van der Waals surface area (Å²) in [6, 6.07) is 12.6. The van der Waals surface area contributed by atoms with Gasteiger partial charge in [-0.3, -0.25) is 9.59 Å². The maximum Gasteiger partial charge on any atom is 0.242 e. The molecule has 0 bridgehead atoms. The maximum atomic E-state index is 13.2. The zero-order valence-electron chi connectivity index (χ0n) is 14.7. The Labute approximate surface area is 163 Å². The van der Waals surface area contributed by atoms with Crippen LogP contribution >= 0.6 is 23.2 Å². The highest BCUT2D eigenvalue weighted by Crippen LogP contribution is 2.49. The van der Waals surface area contributed by atoms with Crippen molar-refractivity contribution in [3.63, 3.8) is 0 Å². The Kier molecular flexibility index (Phi) is 5.26. The molecule has 0 aromatic heterocycles. The number of carbonyl (C=O) groups is 2. The summed E-state index contributed by atoms with van der Waals surface area (Å²) in [6.45, 7) is 4.38. The van der Waals surface area contributed by atoms with Gasteiger partial charge in [0.2, 0.25) is 11.8 Å². The minimum absolute atomic E-state index is 0.173. The summed E-state index contributed by atoms with van der Waals surface area (Å²) >= 11 is 12.0. The van der Waals surface area contributed by atoms with Crippen molar-refractivity contribution in [2.24, 2.45) is 5.41 Å². The van der Waals surface area contributed by atoms with E-state index < -0.39 is 5.41 Å². The van der Waals surface area contributed by atoms with Crippen molar-refractivity contribution in [1.82, 2.24) is 0 Å². The number of halogens is 2. The molecule has 3 rings (SSSR count). The van der Waals surface area contributed by atoms with Gasteiger partial charge in [0.25, 0.3) is 0 Å². The van der Waals surface area contributed by atoms with Gasteiger partial charge in [-0.05, 0) is 62.6 Å². The van der Waals surface area contributed by atoms with Crippen LogP contribution in [0.5, 0.6) is 0 Å². The molecule has 1 aliphatic rings. The molecule has 2 aromatic rings. The predicted octanol–water partition coefficient (Wildman–Crippen LogP) is 5.07. The van der Waals surface area contributed by atoms with E-state index in [-0.39, 0.29) is 11.8 Å². The van der Waals surface area contributed by atoms with E-state index in [9.17, 15) is 9.59 Å². The number of benzene rings is 2. The molecule has 0 spiro atoms. The van der Waals surface area contributed by atoms with Crippen LogP contribution in [0, 0.1) is 12.3 Å². The summed E-state index contributed by atoms with van der Waals surface area (Å²) < 4.78 is 0. The highest BCUT2D eigenvalue weighted by molar-refractivity contribution is 6.37. The summed E-state index contributed by atoms with van der Waals surface area (Å²) in [5.41, 5.74) is 1.30. The molecular formula is C20H20Cl2N2O2. The van der Waals surface area contributed by atoms with Crippen LogP contribution in [0.3, 0.4) is 0 Å². The van der Waals surface area contributed by atoms with Crippen molar-refractivity contribution < 1.29 is 9.59 Å². The van der Waals surface area contributed by atoms with Gasteiger partial charge in [0.05, 0.1) is 10.7 Å². The van der Waals surface area contributed by atoms with Gasteiger partial charge in [-0.25, -0.2) is 0 Å². The highest BCUT2D eigenvalue weighted by atomic mass is 35.5. The van der Waals surface area contributed by atoms with Crippen molar-refractivity contribution in [3.05, 3.63) is 58.1 Å². The fourth-order valence-electron chi connectivity index (χ4n) is 2.99. The van der Waals surface area contributed by atoms with Gasteiger partial charge in [0, 0.05) is 17.3 Å². The Morgan fingerprint density at radius 3 is 2.46 bits per heavy atom. The zero-order valence-corrected chi connectivity index (χ0v) is 16.2. The van der Waals surface area contributed by atoms with E-state index in [1.165, 1.54) is 0 Å². The molecule has 26 heavy (non-hydrogen) atoms. The third-order valence-electron chi connectivity index (χ3n) is 4.65. The van der Waals surface area contributed by atoms with Crippen LogP contribution in [0.1, 0.15) is 25.3 Å². The molecule has 1 fully saturated rings. The highest BCUT2D eigenvalue weighted by Gasteiger charge is 2.58. The largest absolute Gasteiger partial charge is 0.324 e. The van der Waals surface area contributed by atoms with Crippen LogP contribution < -0.4 is 10.2 Å². The van der Waals surface area contributed by atoms with Crippen molar-refractivity contribution >= 4 is 46.4 Å². The first-order valence-electron chi connectivity index (χ1n) is 8.52. The fraction of sp³-hybridized carbons (Fsp3) is 0.300. The molecule has 0 radical (unpaired) electrons. The molecule has 1 saturated carbocycles. The maximum absolute atomic E-state index is 13.2. The van der Waals surface area contributed by atoms with Gasteiger partial charge in [-0.15, -0.1) is 0 Å². The molecule has 136 valence electrons. The number of hydrogen-bond donors (Lipinski definition) is 1. The van der Waals surface area contributed by atoms with Gasteiger partial charge in [0.1, 0.15) is 5.41 Å². The molecule has 2 amide bonds. The van der Waals surface area contributed by atoms with Crippen LogP contribution in [0.2, 0.25) is 10.0 Å². The molecule has 0 unspecified atom stereocenters. The van der Waals surface area contributed by atoms with Crippen molar-refractivity contribution in [3.8, 4) is 0 Å². The lowest BCUT2D eigenvalue weighted by Crippen LogP contribution is -2.43. The number of carbonyl (C=O) groups excluding carboxylic acids is 2. The monoisotopic (exact) mass is 390 g/mol. The second kappa shape index (κ2) is 7.29. The summed E-state index contributed by atoms with van der Waals surface area (Å²) in [5, 5.41) is 3.62. The van der Waals surface area contributed by atoms with Gasteiger partial charge in [-0.1, -0.05) is 35.3 Å². The second-order valence-electron chi connectivity index (χ2n) is 6.55. The average Bonchev–Trinajstić information content (AvgIpc) is 3.40. The topological polar surface area (TPSA) is 49.4 Å². The summed E-state index contributed by atoms with van der Waals surface area (Å²) in [4.78, 5) is 27.7. The van der Waals surface area contributed by atoms with Crippen molar-refractivity contribution in [1.29, 1.82) is 0 Å². The number of nitrogens with zero attached hydrogens (tertiary/aromatic N) is 1. The lowest BCUT2D eigenvalue weighted by Gasteiger charge is -2.26. The molecule has 4 nitrogen and oxygen atoms in total. The Morgan fingerprint density at radius 1 is 1.15 bits per heavy atom. The number of anilines is 2. The Balaban J connectivity index is 1.82. The van der Waals surface area contributed by atoms with E-state index in [1.807, 2.05) is 38.1 Å². The number of rotatable bonds is 5. The normalized spacial score (nSPS) is 14.6. The van der Waals surface area contributed by atoms with Crippen LogP contribution in [0.15, 0.2) is 42.5 Å². The Bertz CT molecular complexity index is 863. The molecular weight excluding hydrogens is 371 g/mol. The molecule has 2 aromatic carbocycles. The van der Waals surface area contributed by atoms with E-state index in [4.69, 9.17) is 23.2 Å². The molecule has 0 saturated heterocycles. The second-order valence-corrected chi connectivity index (χ2v) is 7.39. The minimum atomic E-state index is -1.03. The van der Waals surface area contributed by atoms with E-state index in [1.54, 1.807) is 23.1 Å². The van der Waals surface area contributed by atoms with Crippen LogP contribution in [-0.4, -0.2) is 18.4 Å². The average molecular weight is 391 g/mol. The SMILES string of the molecule is CCN(C(=O)C1(C(=O)Nc2ccc(Cl)cc2Cl)CC1)c1cccc(C)c1. The standard InChI is InChI=1S/C20H20Cl2N2O2/c1-3-24(15-6-4-5-13(2)11-15)19(26)20(9-10-20)18(25)23-17-8-7-14(21)12-16(17)22/h4-8,11-12H,3,9-10H2,1-2H3,(H,23,25). The van der Waals surface area contributed by atoms with E-state index >= 15 is 0 Å². The summed E-state index contributed by atoms with van der Waals surface area (Å²) in [5.74, 6) is -0.494. The third kappa shape index (κ3) is 3.57. The Morgan fingerprint density at radius 2 is 1.88 bits per heavy atom. The van der Waals surface area contributed by atoms with E-state index in [0.717, 1.165) is 11.3 Å². The molecule has 0 heterocycles. The Hall–Kier alpha value is -2.04. The minimum Gasteiger partial charge on any atom is -0.324 e. The summed E-state index contributed by atoms with van der Waals surface area (Å²) in [6.07, 6.45) is 1.07.